The van der Waals surface area contributed by atoms with Gasteiger partial charge in [0.1, 0.15) is 16.5 Å². The Morgan fingerprint density at radius 1 is 0.943 bits per heavy atom. The summed E-state index contributed by atoms with van der Waals surface area (Å²) in [6.07, 6.45) is 0. The summed E-state index contributed by atoms with van der Waals surface area (Å²) < 4.78 is 5.50. The first-order chi connectivity index (χ1) is 16.7. The van der Waals surface area contributed by atoms with Crippen LogP contribution >= 0.6 is 11.6 Å². The van der Waals surface area contributed by atoms with Gasteiger partial charge in [0.2, 0.25) is 0 Å². The van der Waals surface area contributed by atoms with Crippen LogP contribution in [0.15, 0.2) is 77.5 Å². The van der Waals surface area contributed by atoms with Gasteiger partial charge in [-0.05, 0) is 73.4 Å². The molecule has 0 aromatic heterocycles. The Hall–Kier alpha value is -3.90. The van der Waals surface area contributed by atoms with E-state index in [-0.39, 0.29) is 10.7 Å². The molecule has 0 saturated carbocycles. The summed E-state index contributed by atoms with van der Waals surface area (Å²) in [7, 11) is 0. The highest BCUT2D eigenvalue weighted by Crippen LogP contribution is 2.32. The predicted octanol–water partition coefficient (Wildman–Crippen LogP) is 6.08. The van der Waals surface area contributed by atoms with Gasteiger partial charge in [-0.3, -0.25) is 9.59 Å². The van der Waals surface area contributed by atoms with Crippen LogP contribution in [0, 0.1) is 13.8 Å². The van der Waals surface area contributed by atoms with Gasteiger partial charge in [-0.2, -0.15) is 0 Å². The first-order valence-corrected chi connectivity index (χ1v) is 11.6. The number of rotatable bonds is 6. The topological polar surface area (TPSA) is 75.7 Å². The Balaban J connectivity index is 1.48. The third-order valence-corrected chi connectivity index (χ3v) is 6.10. The minimum absolute atomic E-state index is 0.0162. The highest BCUT2D eigenvalue weighted by atomic mass is 35.5. The fourth-order valence-corrected chi connectivity index (χ4v) is 4.04. The van der Waals surface area contributed by atoms with E-state index in [0.717, 1.165) is 21.6 Å². The third-order valence-electron chi connectivity index (χ3n) is 5.75. The summed E-state index contributed by atoms with van der Waals surface area (Å²) in [6.45, 7) is 7.90. The molecule has 3 aromatic carbocycles. The van der Waals surface area contributed by atoms with Gasteiger partial charge in [-0.1, -0.05) is 55.3 Å². The van der Waals surface area contributed by atoms with E-state index in [1.807, 2.05) is 44.2 Å². The number of carbonyl (C=O) groups excluding carboxylic acids is 3. The van der Waals surface area contributed by atoms with Gasteiger partial charge in [0.15, 0.2) is 0 Å². The molecule has 0 aliphatic carbocycles. The first-order valence-electron chi connectivity index (χ1n) is 11.2. The van der Waals surface area contributed by atoms with Gasteiger partial charge in [-0.15, -0.1) is 0 Å². The second-order valence-corrected chi connectivity index (χ2v) is 9.12. The van der Waals surface area contributed by atoms with Gasteiger partial charge >= 0.3 is 5.97 Å². The van der Waals surface area contributed by atoms with Crippen molar-refractivity contribution in [2.45, 2.75) is 33.6 Å². The van der Waals surface area contributed by atoms with Gasteiger partial charge in [-0.25, -0.2) is 9.69 Å². The van der Waals surface area contributed by atoms with Crippen LogP contribution in [0.5, 0.6) is 5.75 Å². The van der Waals surface area contributed by atoms with Gasteiger partial charge < -0.3 is 10.1 Å². The highest BCUT2D eigenvalue weighted by Gasteiger charge is 2.39. The number of hydrogen-bond donors (Lipinski definition) is 1. The van der Waals surface area contributed by atoms with Crippen molar-refractivity contribution >= 4 is 40.8 Å². The van der Waals surface area contributed by atoms with E-state index in [1.165, 1.54) is 0 Å². The van der Waals surface area contributed by atoms with E-state index >= 15 is 0 Å². The van der Waals surface area contributed by atoms with Crippen LogP contribution in [0.4, 0.5) is 11.4 Å². The Bertz CT molecular complexity index is 1360. The molecule has 0 fully saturated rings. The molecule has 0 unspecified atom stereocenters. The summed E-state index contributed by atoms with van der Waals surface area (Å²) in [4.78, 5) is 39.4. The maximum absolute atomic E-state index is 13.0. The van der Waals surface area contributed by atoms with Crippen molar-refractivity contribution in [3.05, 3.63) is 99.7 Å². The lowest BCUT2D eigenvalue weighted by Crippen LogP contribution is -2.32. The molecule has 1 heterocycles. The lowest BCUT2D eigenvalue weighted by Gasteiger charge is -2.18. The highest BCUT2D eigenvalue weighted by molar-refractivity contribution is 6.53. The molecule has 0 radical (unpaired) electrons. The Morgan fingerprint density at radius 3 is 2.31 bits per heavy atom. The van der Waals surface area contributed by atoms with Crippen LogP contribution < -0.4 is 15.0 Å². The SMILES string of the molecule is Cc1ccc(N2C(=O)C(Cl)=C(Nc3ccc(C(=O)Oc4cccc(C(C)C)c4)cc3)C2=O)c(C)c1. The summed E-state index contributed by atoms with van der Waals surface area (Å²) in [5.74, 6) is -0.837. The number of benzene rings is 3. The van der Waals surface area contributed by atoms with E-state index in [1.54, 1.807) is 36.4 Å². The molecule has 1 N–H and O–H groups in total. The van der Waals surface area contributed by atoms with Gasteiger partial charge in [0.25, 0.3) is 11.8 Å². The molecule has 0 saturated heterocycles. The van der Waals surface area contributed by atoms with Crippen molar-refractivity contribution in [3.63, 3.8) is 0 Å². The molecule has 4 rings (SSSR count). The van der Waals surface area contributed by atoms with Crippen LogP contribution in [-0.2, 0) is 9.59 Å². The second-order valence-electron chi connectivity index (χ2n) is 8.74. The Labute approximate surface area is 209 Å². The maximum atomic E-state index is 13.0. The number of imide groups is 1. The molecule has 1 aliphatic heterocycles. The average molecular weight is 489 g/mol. The van der Waals surface area contributed by atoms with Crippen molar-refractivity contribution in [2.24, 2.45) is 0 Å². The standard InChI is InChI=1S/C28H25ClN2O4/c1-16(2)20-6-5-7-22(15-20)35-28(34)19-9-11-21(12-10-19)30-25-24(29)26(32)31(27(25)33)23-13-8-17(3)14-18(23)4/h5-16,30H,1-4H3. The van der Waals surface area contributed by atoms with Crippen molar-refractivity contribution in [3.8, 4) is 5.75 Å². The maximum Gasteiger partial charge on any atom is 0.343 e. The zero-order valence-corrected chi connectivity index (χ0v) is 20.6. The molecule has 178 valence electrons. The number of halogens is 1. The largest absolute Gasteiger partial charge is 0.423 e. The fourth-order valence-electron chi connectivity index (χ4n) is 3.82. The summed E-state index contributed by atoms with van der Waals surface area (Å²) in [6, 6.07) is 19.3. The normalized spacial score (nSPS) is 13.6. The van der Waals surface area contributed by atoms with E-state index in [2.05, 4.69) is 19.2 Å². The lowest BCUT2D eigenvalue weighted by atomic mass is 10.0. The molecule has 0 spiro atoms. The average Bonchev–Trinajstić information content (AvgIpc) is 3.03. The molecular weight excluding hydrogens is 464 g/mol. The molecule has 2 amide bonds. The Kier molecular flexibility index (Phi) is 6.76. The number of esters is 1. The zero-order valence-electron chi connectivity index (χ0n) is 19.9. The molecule has 0 bridgehead atoms. The number of amides is 2. The van der Waals surface area contributed by atoms with Crippen molar-refractivity contribution in [1.82, 2.24) is 0 Å². The quantitative estimate of drug-likeness (QED) is 0.258. The van der Waals surface area contributed by atoms with E-state index in [9.17, 15) is 14.4 Å². The molecule has 35 heavy (non-hydrogen) atoms. The summed E-state index contributed by atoms with van der Waals surface area (Å²) in [5, 5.41) is 2.73. The lowest BCUT2D eigenvalue weighted by molar-refractivity contribution is -0.120. The van der Waals surface area contributed by atoms with Crippen LogP contribution in [-0.4, -0.2) is 17.8 Å². The molecule has 0 atom stereocenters. The number of ether oxygens (including phenoxy) is 1. The monoisotopic (exact) mass is 488 g/mol. The van der Waals surface area contributed by atoms with Gasteiger partial charge in [0.05, 0.1) is 11.3 Å². The minimum atomic E-state index is -0.588. The third kappa shape index (κ3) is 4.98. The number of anilines is 2. The molecular formula is C28H25ClN2O4. The zero-order chi connectivity index (χ0) is 25.3. The van der Waals surface area contributed by atoms with Crippen molar-refractivity contribution < 1.29 is 19.1 Å². The predicted molar refractivity (Wildman–Crippen MR) is 137 cm³/mol. The van der Waals surface area contributed by atoms with Crippen LogP contribution in [0.1, 0.15) is 46.8 Å². The van der Waals surface area contributed by atoms with Crippen molar-refractivity contribution in [2.75, 3.05) is 10.2 Å². The van der Waals surface area contributed by atoms with Crippen LogP contribution in [0.3, 0.4) is 0 Å². The van der Waals surface area contributed by atoms with E-state index < -0.39 is 17.8 Å². The van der Waals surface area contributed by atoms with Crippen LogP contribution in [0.2, 0.25) is 0 Å². The van der Waals surface area contributed by atoms with E-state index in [0.29, 0.717) is 28.6 Å². The number of aryl methyl sites for hydroxylation is 2. The van der Waals surface area contributed by atoms with Gasteiger partial charge in [0, 0.05) is 5.69 Å². The Morgan fingerprint density at radius 2 is 1.66 bits per heavy atom. The van der Waals surface area contributed by atoms with Crippen LogP contribution in [0.25, 0.3) is 0 Å². The molecule has 3 aromatic rings. The number of carbonyl (C=O) groups is 3. The number of nitrogens with one attached hydrogen (secondary N) is 1. The summed E-state index contributed by atoms with van der Waals surface area (Å²) >= 11 is 6.24. The van der Waals surface area contributed by atoms with E-state index in [4.69, 9.17) is 16.3 Å². The molecule has 1 aliphatic rings. The second kappa shape index (κ2) is 9.76. The van der Waals surface area contributed by atoms with Crippen molar-refractivity contribution in [1.29, 1.82) is 0 Å². The molecule has 6 nitrogen and oxygen atoms in total. The fraction of sp³-hybridized carbons (Fsp3) is 0.179. The first kappa shape index (κ1) is 24.2. The number of hydrogen-bond acceptors (Lipinski definition) is 5. The molecule has 7 heteroatoms. The number of nitrogens with zero attached hydrogens (tertiary/aromatic N) is 1. The smallest absolute Gasteiger partial charge is 0.343 e. The summed E-state index contributed by atoms with van der Waals surface area (Å²) in [5.41, 5.74) is 4.20. The minimum Gasteiger partial charge on any atom is -0.423 e.